The van der Waals surface area contributed by atoms with E-state index in [1.54, 1.807) is 6.08 Å². The van der Waals surface area contributed by atoms with Crippen LogP contribution >= 0.6 is 23.5 Å². The summed E-state index contributed by atoms with van der Waals surface area (Å²) in [5.41, 5.74) is 5.80. The summed E-state index contributed by atoms with van der Waals surface area (Å²) in [4.78, 5) is 51.8. The number of carboxylic acids is 1. The number of fused-ring (bicyclic) bond motifs is 1. The van der Waals surface area contributed by atoms with E-state index in [1.807, 2.05) is 0 Å². The molecule has 2 unspecified atom stereocenters. The maximum absolute atomic E-state index is 13.0. The predicted molar refractivity (Wildman–Crippen MR) is 128 cm³/mol. The van der Waals surface area contributed by atoms with Crippen LogP contribution in [0.4, 0.5) is 5.82 Å². The number of nitrogens with one attached hydrogen (secondary N) is 1. The number of allylic oxidation sites excluding steroid dienone is 1. The maximum Gasteiger partial charge on any atom is 0.352 e. The molecule has 2 atom stereocenters. The number of hydrogen-bond acceptors (Lipinski definition) is 13. The third kappa shape index (κ3) is 4.87. The van der Waals surface area contributed by atoms with E-state index in [1.165, 1.54) is 52.5 Å². The number of aliphatic carboxylic acids is 1. The van der Waals surface area contributed by atoms with Gasteiger partial charge in [-0.05, 0) is 22.1 Å². The fourth-order valence-electron chi connectivity index (χ4n) is 3.45. The minimum atomic E-state index is -1.24. The Labute approximate surface area is 212 Å². The molecule has 4 rings (SSSR count). The van der Waals surface area contributed by atoms with Crippen LogP contribution < -0.4 is 11.1 Å². The molecule has 2 aromatic rings. The molecule has 4 heterocycles. The zero-order valence-corrected chi connectivity index (χ0v) is 20.4. The van der Waals surface area contributed by atoms with Crippen molar-refractivity contribution in [3.05, 3.63) is 42.0 Å². The van der Waals surface area contributed by atoms with Crippen LogP contribution in [0.3, 0.4) is 0 Å². The lowest BCUT2D eigenvalue weighted by Gasteiger charge is -2.49. The summed E-state index contributed by atoms with van der Waals surface area (Å²) in [6, 6.07) is 0.460. The van der Waals surface area contributed by atoms with Crippen molar-refractivity contribution in [1.82, 2.24) is 40.4 Å². The SMILES string of the molecule is C=CCn1nnnc1SCC1=C(C(=O)O)N2C(=O)C(NC(=O)/C(=N/OC)c3nccc(N)n3)C2SC1. The standard InChI is InChI=1S/C19H20N10O5S2/c1-3-6-28-19(24-26-27-28)36-8-9-7-35-17-12(16(31)29(17)13(9)18(32)33)23-15(30)11(25-34-2)14-21-5-4-10(20)22-14/h3-5,12,17H,1,6-8H2,2H3,(H,23,30)(H,32,33)(H2,20,21,22)/b25-11+. The molecule has 0 spiro atoms. The topological polar surface area (TPSA) is 204 Å². The van der Waals surface area contributed by atoms with Crippen molar-refractivity contribution in [1.29, 1.82) is 0 Å². The molecule has 2 amide bonds. The number of nitrogen functional groups attached to an aromatic ring is 1. The molecule has 15 nitrogen and oxygen atoms in total. The Morgan fingerprint density at radius 2 is 2.31 bits per heavy atom. The number of tetrazole rings is 1. The van der Waals surface area contributed by atoms with Crippen molar-refractivity contribution >= 4 is 52.8 Å². The van der Waals surface area contributed by atoms with Crippen LogP contribution in [-0.4, -0.2) is 93.7 Å². The first kappa shape index (κ1) is 25.1. The van der Waals surface area contributed by atoms with Gasteiger partial charge in [-0.1, -0.05) is 23.0 Å². The lowest BCUT2D eigenvalue weighted by molar-refractivity contribution is -0.150. The number of oxime groups is 1. The van der Waals surface area contributed by atoms with Gasteiger partial charge in [-0.25, -0.2) is 19.4 Å². The number of rotatable bonds is 10. The van der Waals surface area contributed by atoms with Gasteiger partial charge >= 0.3 is 5.97 Å². The van der Waals surface area contributed by atoms with Crippen LogP contribution in [0.15, 0.2) is 46.5 Å². The van der Waals surface area contributed by atoms with Crippen LogP contribution in [-0.2, 0) is 25.8 Å². The van der Waals surface area contributed by atoms with E-state index in [4.69, 9.17) is 10.6 Å². The van der Waals surface area contributed by atoms with Gasteiger partial charge in [0.2, 0.25) is 10.9 Å². The molecular formula is C19H20N10O5S2. The third-order valence-electron chi connectivity index (χ3n) is 5.00. The predicted octanol–water partition coefficient (Wildman–Crippen LogP) is -0.887. The molecule has 1 saturated heterocycles. The lowest BCUT2D eigenvalue weighted by atomic mass is 10.0. The Kier molecular flexibility index (Phi) is 7.49. The summed E-state index contributed by atoms with van der Waals surface area (Å²) in [5, 5.41) is 27.4. The quantitative estimate of drug-likeness (QED) is 0.112. The van der Waals surface area contributed by atoms with E-state index in [-0.39, 0.29) is 28.8 Å². The summed E-state index contributed by atoms with van der Waals surface area (Å²) >= 11 is 2.58. The second kappa shape index (κ2) is 10.7. The molecule has 0 radical (unpaired) electrons. The van der Waals surface area contributed by atoms with E-state index in [0.717, 1.165) is 0 Å². The van der Waals surface area contributed by atoms with E-state index >= 15 is 0 Å². The minimum Gasteiger partial charge on any atom is -0.477 e. The van der Waals surface area contributed by atoms with Crippen LogP contribution in [0.5, 0.6) is 0 Å². The molecule has 0 saturated carbocycles. The number of hydrogen-bond donors (Lipinski definition) is 3. The molecule has 0 aliphatic carbocycles. The maximum atomic E-state index is 13.0. The van der Waals surface area contributed by atoms with Gasteiger partial charge in [-0.15, -0.1) is 23.4 Å². The average molecular weight is 533 g/mol. The van der Waals surface area contributed by atoms with Gasteiger partial charge < -0.3 is 21.0 Å². The average Bonchev–Trinajstić information content (AvgIpc) is 3.30. The van der Waals surface area contributed by atoms with E-state index in [0.29, 0.717) is 23.0 Å². The number of thioether (sulfide) groups is 2. The molecule has 2 aliphatic rings. The number of nitrogens with zero attached hydrogens (tertiary/aromatic N) is 8. The Bertz CT molecular complexity index is 1280. The third-order valence-corrected chi connectivity index (χ3v) is 7.38. The molecule has 2 aromatic heterocycles. The second-order valence-electron chi connectivity index (χ2n) is 7.27. The van der Waals surface area contributed by atoms with Gasteiger partial charge in [0, 0.05) is 17.7 Å². The van der Waals surface area contributed by atoms with Crippen LogP contribution in [0, 0.1) is 0 Å². The van der Waals surface area contributed by atoms with Crippen molar-refractivity contribution in [2.45, 2.75) is 23.1 Å². The lowest BCUT2D eigenvalue weighted by Crippen LogP contribution is -2.71. The fourth-order valence-corrected chi connectivity index (χ4v) is 5.83. The molecule has 2 aliphatic heterocycles. The van der Waals surface area contributed by atoms with Crippen LogP contribution in [0.25, 0.3) is 0 Å². The first-order chi connectivity index (χ1) is 17.3. The first-order valence-electron chi connectivity index (χ1n) is 10.3. The fraction of sp³-hybridized carbons (Fsp3) is 0.316. The number of β-lactam (4-membered cyclic amide) rings is 1. The summed E-state index contributed by atoms with van der Waals surface area (Å²) < 4.78 is 1.53. The summed E-state index contributed by atoms with van der Waals surface area (Å²) in [6.07, 6.45) is 2.99. The number of carboxylic acid groups (broad SMARTS) is 1. The number of carbonyl (C=O) groups excluding carboxylic acids is 2. The van der Waals surface area contributed by atoms with Crippen LogP contribution in [0.2, 0.25) is 0 Å². The van der Waals surface area contributed by atoms with Crippen molar-refractivity contribution in [2.24, 2.45) is 5.16 Å². The number of amides is 2. The summed E-state index contributed by atoms with van der Waals surface area (Å²) in [6.45, 7) is 4.05. The first-order valence-corrected chi connectivity index (χ1v) is 12.3. The number of nitrogens with two attached hydrogens (primary N) is 1. The number of anilines is 1. The molecule has 36 heavy (non-hydrogen) atoms. The number of aromatic nitrogens is 6. The molecule has 188 valence electrons. The Hall–Kier alpha value is -3.99. The van der Waals surface area contributed by atoms with Crippen molar-refractivity contribution in [2.75, 3.05) is 24.3 Å². The Balaban J connectivity index is 1.49. The zero-order valence-electron chi connectivity index (χ0n) is 18.8. The van der Waals surface area contributed by atoms with Gasteiger partial charge in [-0.2, -0.15) is 0 Å². The molecular weight excluding hydrogens is 512 g/mol. The Morgan fingerprint density at radius 3 is 3.00 bits per heavy atom. The highest BCUT2D eigenvalue weighted by Gasteiger charge is 2.54. The highest BCUT2D eigenvalue weighted by Crippen LogP contribution is 2.41. The van der Waals surface area contributed by atoms with Crippen molar-refractivity contribution in [3.63, 3.8) is 0 Å². The van der Waals surface area contributed by atoms with E-state index in [9.17, 15) is 19.5 Å². The summed E-state index contributed by atoms with van der Waals surface area (Å²) in [7, 11) is 1.24. The Morgan fingerprint density at radius 1 is 1.50 bits per heavy atom. The minimum absolute atomic E-state index is 0.0847. The van der Waals surface area contributed by atoms with Crippen molar-refractivity contribution in [3.8, 4) is 0 Å². The molecule has 4 N–H and O–H groups in total. The highest BCUT2D eigenvalue weighted by molar-refractivity contribution is 8.01. The summed E-state index contributed by atoms with van der Waals surface area (Å²) in [5.74, 6) is -1.95. The smallest absolute Gasteiger partial charge is 0.352 e. The van der Waals surface area contributed by atoms with Crippen molar-refractivity contribution < 1.29 is 24.3 Å². The van der Waals surface area contributed by atoms with E-state index in [2.05, 4.69) is 42.5 Å². The monoisotopic (exact) mass is 532 g/mol. The molecule has 17 heteroatoms. The van der Waals surface area contributed by atoms with Gasteiger partial charge in [0.05, 0.1) is 6.54 Å². The van der Waals surface area contributed by atoms with Gasteiger partial charge in [0.15, 0.2) is 5.82 Å². The molecule has 1 fully saturated rings. The molecule has 0 aromatic carbocycles. The number of carbonyl (C=O) groups is 3. The van der Waals surface area contributed by atoms with Gasteiger partial charge in [0.1, 0.15) is 30.0 Å². The molecule has 0 bridgehead atoms. The second-order valence-corrected chi connectivity index (χ2v) is 9.31. The van der Waals surface area contributed by atoms with Crippen LogP contribution in [0.1, 0.15) is 5.82 Å². The highest BCUT2D eigenvalue weighted by atomic mass is 32.2. The van der Waals surface area contributed by atoms with Gasteiger partial charge in [0.25, 0.3) is 11.8 Å². The zero-order chi connectivity index (χ0) is 25.8. The van der Waals surface area contributed by atoms with E-state index < -0.39 is 29.2 Å². The largest absolute Gasteiger partial charge is 0.477 e. The normalized spacial score (nSPS) is 19.4. The van der Waals surface area contributed by atoms with Gasteiger partial charge in [-0.3, -0.25) is 14.5 Å².